The zero-order valence-corrected chi connectivity index (χ0v) is 12.7. The molecular formula is C16H19F2N3. The molecule has 3 nitrogen and oxygen atoms in total. The van der Waals surface area contributed by atoms with Crippen LogP contribution in [-0.4, -0.2) is 16.5 Å². The first-order chi connectivity index (χ1) is 9.95. The fraction of sp³-hybridized carbons (Fsp3) is 0.375. The molecule has 2 aromatic rings. The molecule has 0 unspecified atom stereocenters. The number of halogens is 2. The predicted octanol–water partition coefficient (Wildman–Crippen LogP) is 4.17. The van der Waals surface area contributed by atoms with E-state index in [9.17, 15) is 8.78 Å². The molecule has 0 bridgehead atoms. The summed E-state index contributed by atoms with van der Waals surface area (Å²) in [7, 11) is 0. The van der Waals surface area contributed by atoms with E-state index in [1.54, 1.807) is 20.8 Å². The summed E-state index contributed by atoms with van der Waals surface area (Å²) >= 11 is 0. The van der Waals surface area contributed by atoms with Gasteiger partial charge in [0.15, 0.2) is 0 Å². The number of anilines is 1. The first-order valence-electron chi connectivity index (χ1n) is 6.99. The Morgan fingerprint density at radius 3 is 2.48 bits per heavy atom. The van der Waals surface area contributed by atoms with Crippen LogP contribution in [0.1, 0.15) is 30.3 Å². The molecule has 0 saturated carbocycles. The third-order valence-corrected chi connectivity index (χ3v) is 3.32. The molecule has 21 heavy (non-hydrogen) atoms. The minimum absolute atomic E-state index is 0.0856. The van der Waals surface area contributed by atoms with Crippen LogP contribution in [0, 0.1) is 32.4 Å². The van der Waals surface area contributed by atoms with Crippen LogP contribution in [0.5, 0.6) is 0 Å². The summed E-state index contributed by atoms with van der Waals surface area (Å²) < 4.78 is 28.4. The summed E-state index contributed by atoms with van der Waals surface area (Å²) in [6.45, 7) is 7.88. The topological polar surface area (TPSA) is 37.8 Å². The Bertz CT molecular complexity index is 669. The molecule has 112 valence electrons. The Labute approximate surface area is 123 Å². The summed E-state index contributed by atoms with van der Waals surface area (Å²) in [5.41, 5.74) is 1.26. The molecule has 0 aliphatic heterocycles. The summed E-state index contributed by atoms with van der Waals surface area (Å²) in [5.74, 6) is -0.0763. The van der Waals surface area contributed by atoms with E-state index in [0.717, 1.165) is 13.0 Å². The molecular weight excluding hydrogens is 272 g/mol. The van der Waals surface area contributed by atoms with E-state index in [2.05, 4.69) is 15.3 Å². The highest BCUT2D eigenvalue weighted by Gasteiger charge is 2.19. The van der Waals surface area contributed by atoms with Crippen molar-refractivity contribution >= 4 is 5.82 Å². The third-order valence-electron chi connectivity index (χ3n) is 3.32. The van der Waals surface area contributed by atoms with Crippen LogP contribution in [0.3, 0.4) is 0 Å². The number of aryl methyl sites for hydroxylation is 2. The third kappa shape index (κ3) is 3.01. The zero-order valence-electron chi connectivity index (χ0n) is 12.7. The molecule has 2 rings (SSSR count). The maximum Gasteiger partial charge on any atom is 0.138 e. The number of aromatic nitrogens is 2. The molecule has 5 heteroatoms. The SMILES string of the molecule is CCCNc1nc(C)nc(-c2c(F)ccc(C)c2F)c1C. The molecule has 0 aliphatic rings. The molecule has 1 aromatic carbocycles. The molecule has 0 atom stereocenters. The van der Waals surface area contributed by atoms with Crippen LogP contribution in [0.15, 0.2) is 12.1 Å². The number of nitrogens with zero attached hydrogens (tertiary/aromatic N) is 2. The van der Waals surface area contributed by atoms with E-state index < -0.39 is 11.6 Å². The molecule has 1 N–H and O–H groups in total. The van der Waals surface area contributed by atoms with Crippen molar-refractivity contribution in [3.8, 4) is 11.3 Å². The highest BCUT2D eigenvalue weighted by Crippen LogP contribution is 2.31. The van der Waals surface area contributed by atoms with Gasteiger partial charge in [0, 0.05) is 12.1 Å². The van der Waals surface area contributed by atoms with Crippen molar-refractivity contribution in [2.45, 2.75) is 34.1 Å². The molecule has 1 heterocycles. The average molecular weight is 291 g/mol. The second-order valence-corrected chi connectivity index (χ2v) is 5.07. The monoisotopic (exact) mass is 291 g/mol. The Balaban J connectivity index is 2.64. The van der Waals surface area contributed by atoms with Gasteiger partial charge in [0.2, 0.25) is 0 Å². The minimum Gasteiger partial charge on any atom is -0.370 e. The van der Waals surface area contributed by atoms with Crippen LogP contribution < -0.4 is 5.32 Å². The molecule has 0 spiro atoms. The highest BCUT2D eigenvalue weighted by molar-refractivity contribution is 5.70. The normalized spacial score (nSPS) is 10.8. The van der Waals surface area contributed by atoms with Crippen molar-refractivity contribution in [3.63, 3.8) is 0 Å². The van der Waals surface area contributed by atoms with Gasteiger partial charge in [0.05, 0.1) is 11.3 Å². The van der Waals surface area contributed by atoms with E-state index in [0.29, 0.717) is 28.5 Å². The van der Waals surface area contributed by atoms with Gasteiger partial charge in [-0.3, -0.25) is 0 Å². The summed E-state index contributed by atoms with van der Waals surface area (Å²) in [6, 6.07) is 2.69. The molecule has 0 aliphatic carbocycles. The van der Waals surface area contributed by atoms with Gasteiger partial charge in [-0.25, -0.2) is 18.7 Å². The van der Waals surface area contributed by atoms with Gasteiger partial charge in [-0.2, -0.15) is 0 Å². The number of hydrogen-bond donors (Lipinski definition) is 1. The van der Waals surface area contributed by atoms with Gasteiger partial charge in [-0.1, -0.05) is 13.0 Å². The average Bonchev–Trinajstić information content (AvgIpc) is 2.45. The number of benzene rings is 1. The Morgan fingerprint density at radius 2 is 1.81 bits per heavy atom. The Hall–Kier alpha value is -2.04. The van der Waals surface area contributed by atoms with Crippen molar-refractivity contribution in [3.05, 3.63) is 40.7 Å². The summed E-state index contributed by atoms with van der Waals surface area (Å²) in [5, 5.41) is 3.17. The fourth-order valence-electron chi connectivity index (χ4n) is 2.16. The van der Waals surface area contributed by atoms with E-state index >= 15 is 0 Å². The standard InChI is InChI=1S/C16H19F2N3/c1-5-8-19-16-10(3)15(20-11(4)21-16)13-12(17)7-6-9(2)14(13)18/h6-7H,5,8H2,1-4H3,(H,19,20,21). The highest BCUT2D eigenvalue weighted by atomic mass is 19.1. The molecule has 1 aromatic heterocycles. The lowest BCUT2D eigenvalue weighted by Crippen LogP contribution is -2.08. The van der Waals surface area contributed by atoms with Gasteiger partial charge < -0.3 is 5.32 Å². The van der Waals surface area contributed by atoms with Gasteiger partial charge in [-0.05, 0) is 38.8 Å². The fourth-order valence-corrected chi connectivity index (χ4v) is 2.16. The minimum atomic E-state index is -0.610. The second kappa shape index (κ2) is 6.16. The van der Waals surface area contributed by atoms with E-state index in [1.165, 1.54) is 12.1 Å². The van der Waals surface area contributed by atoms with Gasteiger partial charge >= 0.3 is 0 Å². The molecule has 0 fully saturated rings. The van der Waals surface area contributed by atoms with Crippen molar-refractivity contribution in [2.75, 3.05) is 11.9 Å². The van der Waals surface area contributed by atoms with E-state index in [1.807, 2.05) is 6.92 Å². The van der Waals surface area contributed by atoms with Crippen LogP contribution in [0.25, 0.3) is 11.3 Å². The van der Waals surface area contributed by atoms with Crippen molar-refractivity contribution in [1.82, 2.24) is 9.97 Å². The lowest BCUT2D eigenvalue weighted by molar-refractivity contribution is 0.582. The van der Waals surface area contributed by atoms with Crippen molar-refractivity contribution in [2.24, 2.45) is 0 Å². The van der Waals surface area contributed by atoms with Crippen LogP contribution >= 0.6 is 0 Å². The summed E-state index contributed by atoms with van der Waals surface area (Å²) in [4.78, 5) is 8.55. The first-order valence-corrected chi connectivity index (χ1v) is 6.99. The number of rotatable bonds is 4. The van der Waals surface area contributed by atoms with E-state index in [4.69, 9.17) is 0 Å². The second-order valence-electron chi connectivity index (χ2n) is 5.07. The maximum atomic E-state index is 14.3. The van der Waals surface area contributed by atoms with Crippen LogP contribution in [-0.2, 0) is 0 Å². The Kier molecular flexibility index (Phi) is 4.50. The summed E-state index contributed by atoms with van der Waals surface area (Å²) in [6.07, 6.45) is 0.936. The van der Waals surface area contributed by atoms with Gasteiger partial charge in [-0.15, -0.1) is 0 Å². The smallest absolute Gasteiger partial charge is 0.138 e. The van der Waals surface area contributed by atoms with Crippen LogP contribution in [0.2, 0.25) is 0 Å². The number of nitrogens with one attached hydrogen (secondary N) is 1. The molecule has 0 amide bonds. The van der Waals surface area contributed by atoms with Gasteiger partial charge in [0.1, 0.15) is 23.3 Å². The lowest BCUT2D eigenvalue weighted by Gasteiger charge is -2.14. The number of hydrogen-bond acceptors (Lipinski definition) is 3. The predicted molar refractivity (Wildman–Crippen MR) is 80.4 cm³/mol. The lowest BCUT2D eigenvalue weighted by atomic mass is 10.0. The van der Waals surface area contributed by atoms with Gasteiger partial charge in [0.25, 0.3) is 0 Å². The Morgan fingerprint density at radius 1 is 1.10 bits per heavy atom. The molecule has 0 saturated heterocycles. The largest absolute Gasteiger partial charge is 0.370 e. The zero-order chi connectivity index (χ0) is 15.6. The van der Waals surface area contributed by atoms with Crippen molar-refractivity contribution < 1.29 is 8.78 Å². The van der Waals surface area contributed by atoms with Crippen molar-refractivity contribution in [1.29, 1.82) is 0 Å². The van der Waals surface area contributed by atoms with Crippen LogP contribution in [0.4, 0.5) is 14.6 Å². The quantitative estimate of drug-likeness (QED) is 0.918. The van der Waals surface area contributed by atoms with E-state index in [-0.39, 0.29) is 5.56 Å². The molecule has 0 radical (unpaired) electrons. The first kappa shape index (κ1) is 15.4. The maximum absolute atomic E-state index is 14.3.